The highest BCUT2D eigenvalue weighted by molar-refractivity contribution is 7.89. The lowest BCUT2D eigenvalue weighted by atomic mass is 10.1. The molecule has 0 bridgehead atoms. The van der Waals surface area contributed by atoms with Crippen molar-refractivity contribution in [1.29, 1.82) is 0 Å². The molecule has 1 aliphatic carbocycles. The number of hydrogen-bond donors (Lipinski definition) is 2. The summed E-state index contributed by atoms with van der Waals surface area (Å²) < 4.78 is 32.6. The molecular weight excluding hydrogens is 276 g/mol. The van der Waals surface area contributed by atoms with Crippen LogP contribution in [0.5, 0.6) is 0 Å². The topological polar surface area (TPSA) is 71.3 Å². The van der Waals surface area contributed by atoms with Crippen molar-refractivity contribution in [2.24, 2.45) is 5.92 Å². The van der Waals surface area contributed by atoms with E-state index >= 15 is 0 Å². The average Bonchev–Trinajstić information content (AvgIpc) is 3.08. The predicted octanol–water partition coefficient (Wildman–Crippen LogP) is 2.16. The van der Waals surface area contributed by atoms with Gasteiger partial charge in [-0.1, -0.05) is 13.8 Å². The van der Waals surface area contributed by atoms with E-state index in [2.05, 4.69) is 23.9 Å². The lowest BCUT2D eigenvalue weighted by Gasteiger charge is -2.07. The van der Waals surface area contributed by atoms with E-state index in [1.54, 1.807) is 13.0 Å². The van der Waals surface area contributed by atoms with Gasteiger partial charge < -0.3 is 9.73 Å². The minimum absolute atomic E-state index is 0.258. The first-order valence-corrected chi connectivity index (χ1v) is 8.69. The first kappa shape index (κ1) is 15.5. The molecule has 0 spiro atoms. The summed E-state index contributed by atoms with van der Waals surface area (Å²) in [5, 5.41) is 3.31. The first-order valence-electron chi connectivity index (χ1n) is 7.21. The fraction of sp³-hybridized carbons (Fsp3) is 0.714. The Morgan fingerprint density at radius 3 is 2.70 bits per heavy atom. The van der Waals surface area contributed by atoms with Crippen LogP contribution in [0.15, 0.2) is 15.4 Å². The number of furan rings is 1. The van der Waals surface area contributed by atoms with Gasteiger partial charge in [0.1, 0.15) is 16.4 Å². The third-order valence-electron chi connectivity index (χ3n) is 3.37. The Labute approximate surface area is 121 Å². The maximum atomic E-state index is 12.2. The average molecular weight is 300 g/mol. The van der Waals surface area contributed by atoms with Gasteiger partial charge >= 0.3 is 0 Å². The highest BCUT2D eigenvalue weighted by Crippen LogP contribution is 2.22. The molecule has 6 heteroatoms. The molecule has 1 fully saturated rings. The maximum Gasteiger partial charge on any atom is 0.244 e. The molecule has 5 nitrogen and oxygen atoms in total. The summed E-state index contributed by atoms with van der Waals surface area (Å²) in [5.41, 5.74) is 0. The van der Waals surface area contributed by atoms with Crippen molar-refractivity contribution >= 4 is 10.0 Å². The summed E-state index contributed by atoms with van der Waals surface area (Å²) in [6.07, 6.45) is 3.22. The van der Waals surface area contributed by atoms with E-state index in [-0.39, 0.29) is 4.90 Å². The summed E-state index contributed by atoms with van der Waals surface area (Å²) in [6, 6.07) is 2.20. The molecule has 0 saturated heterocycles. The Balaban J connectivity index is 1.98. The van der Waals surface area contributed by atoms with Gasteiger partial charge in [-0.05, 0) is 32.1 Å². The standard InChI is InChI=1S/C14H24N2O3S/c1-10(2)6-7-16-20(17,18)14-8-13(19-11(14)3)9-15-12-4-5-12/h8,10,12,15-16H,4-7,9H2,1-3H3. The summed E-state index contributed by atoms with van der Waals surface area (Å²) in [4.78, 5) is 0.258. The number of aryl methyl sites for hydroxylation is 1. The van der Waals surface area contributed by atoms with Crippen LogP contribution in [-0.4, -0.2) is 21.0 Å². The molecule has 1 aromatic heterocycles. The zero-order chi connectivity index (χ0) is 14.8. The van der Waals surface area contributed by atoms with Crippen LogP contribution in [0.3, 0.4) is 0 Å². The largest absolute Gasteiger partial charge is 0.464 e. The van der Waals surface area contributed by atoms with Crippen molar-refractivity contribution < 1.29 is 12.8 Å². The molecule has 0 unspecified atom stereocenters. The molecule has 2 rings (SSSR count). The molecule has 114 valence electrons. The molecule has 0 atom stereocenters. The van der Waals surface area contributed by atoms with E-state index in [0.29, 0.717) is 36.6 Å². The Hall–Kier alpha value is -0.850. The third kappa shape index (κ3) is 4.33. The second-order valence-corrected chi connectivity index (χ2v) is 7.60. The number of nitrogens with one attached hydrogen (secondary N) is 2. The van der Waals surface area contributed by atoms with E-state index < -0.39 is 10.0 Å². The first-order chi connectivity index (χ1) is 9.38. The van der Waals surface area contributed by atoms with Gasteiger partial charge in [0.25, 0.3) is 0 Å². The summed E-state index contributed by atoms with van der Waals surface area (Å²) >= 11 is 0. The molecule has 0 amide bonds. The summed E-state index contributed by atoms with van der Waals surface area (Å²) in [5.74, 6) is 1.61. The van der Waals surface area contributed by atoms with Crippen LogP contribution in [0.1, 0.15) is 44.6 Å². The molecule has 0 aromatic carbocycles. The Bertz CT molecular complexity index is 545. The van der Waals surface area contributed by atoms with Gasteiger partial charge in [0.15, 0.2) is 0 Å². The van der Waals surface area contributed by atoms with Crippen molar-refractivity contribution in [2.75, 3.05) is 6.54 Å². The zero-order valence-electron chi connectivity index (χ0n) is 12.4. The molecule has 0 radical (unpaired) electrons. The molecule has 1 aliphatic rings. The molecule has 2 N–H and O–H groups in total. The Morgan fingerprint density at radius 2 is 2.10 bits per heavy atom. The number of hydrogen-bond acceptors (Lipinski definition) is 4. The smallest absolute Gasteiger partial charge is 0.244 e. The van der Waals surface area contributed by atoms with E-state index in [0.717, 1.165) is 6.42 Å². The lowest BCUT2D eigenvalue weighted by Crippen LogP contribution is -2.25. The number of sulfonamides is 1. The van der Waals surface area contributed by atoms with Gasteiger partial charge in [-0.15, -0.1) is 0 Å². The van der Waals surface area contributed by atoms with Crippen molar-refractivity contribution in [3.8, 4) is 0 Å². The monoisotopic (exact) mass is 300 g/mol. The van der Waals surface area contributed by atoms with Gasteiger partial charge in [0.05, 0.1) is 6.54 Å². The van der Waals surface area contributed by atoms with Crippen LogP contribution in [0, 0.1) is 12.8 Å². The van der Waals surface area contributed by atoms with Crippen LogP contribution in [0.4, 0.5) is 0 Å². The van der Waals surface area contributed by atoms with Crippen LogP contribution >= 0.6 is 0 Å². The van der Waals surface area contributed by atoms with Gasteiger partial charge in [-0.2, -0.15) is 0 Å². The zero-order valence-corrected chi connectivity index (χ0v) is 13.2. The van der Waals surface area contributed by atoms with Gasteiger partial charge in [-0.25, -0.2) is 13.1 Å². The highest BCUT2D eigenvalue weighted by Gasteiger charge is 2.23. The predicted molar refractivity (Wildman–Crippen MR) is 78.0 cm³/mol. The quantitative estimate of drug-likeness (QED) is 0.772. The fourth-order valence-corrected chi connectivity index (χ4v) is 3.22. The number of rotatable bonds is 8. The van der Waals surface area contributed by atoms with Crippen molar-refractivity contribution in [2.45, 2.75) is 57.5 Å². The maximum absolute atomic E-state index is 12.2. The van der Waals surface area contributed by atoms with Crippen LogP contribution < -0.4 is 10.0 Å². The van der Waals surface area contributed by atoms with E-state index in [1.165, 1.54) is 12.8 Å². The fourth-order valence-electron chi connectivity index (χ4n) is 1.97. The minimum atomic E-state index is -3.46. The second kappa shape index (κ2) is 6.28. The van der Waals surface area contributed by atoms with Crippen molar-refractivity contribution in [3.63, 3.8) is 0 Å². The second-order valence-electron chi connectivity index (χ2n) is 5.87. The Kier molecular flexibility index (Phi) is 4.88. The van der Waals surface area contributed by atoms with Crippen LogP contribution in [0.2, 0.25) is 0 Å². The van der Waals surface area contributed by atoms with Crippen molar-refractivity contribution in [1.82, 2.24) is 10.0 Å². The van der Waals surface area contributed by atoms with E-state index in [9.17, 15) is 8.42 Å². The van der Waals surface area contributed by atoms with Gasteiger partial charge in [0, 0.05) is 18.7 Å². The van der Waals surface area contributed by atoms with Gasteiger partial charge in [0.2, 0.25) is 10.0 Å². The summed E-state index contributed by atoms with van der Waals surface area (Å²) in [7, 11) is -3.46. The van der Waals surface area contributed by atoms with Gasteiger partial charge in [-0.3, -0.25) is 0 Å². The van der Waals surface area contributed by atoms with E-state index in [1.807, 2.05) is 0 Å². The molecule has 1 aromatic rings. The minimum Gasteiger partial charge on any atom is -0.464 e. The van der Waals surface area contributed by atoms with Crippen LogP contribution in [0.25, 0.3) is 0 Å². The normalized spacial score (nSPS) is 16.0. The van der Waals surface area contributed by atoms with E-state index in [4.69, 9.17) is 4.42 Å². The molecule has 0 aliphatic heterocycles. The van der Waals surface area contributed by atoms with Crippen LogP contribution in [-0.2, 0) is 16.6 Å². The lowest BCUT2D eigenvalue weighted by molar-refractivity contribution is 0.456. The van der Waals surface area contributed by atoms with Crippen molar-refractivity contribution in [3.05, 3.63) is 17.6 Å². The highest BCUT2D eigenvalue weighted by atomic mass is 32.2. The molecular formula is C14H24N2O3S. The Morgan fingerprint density at radius 1 is 1.40 bits per heavy atom. The SMILES string of the molecule is Cc1oc(CNC2CC2)cc1S(=O)(=O)NCCC(C)C. The third-order valence-corrected chi connectivity index (χ3v) is 4.94. The molecule has 1 heterocycles. The summed E-state index contributed by atoms with van der Waals surface area (Å²) in [6.45, 7) is 6.88. The molecule has 1 saturated carbocycles. The molecule has 20 heavy (non-hydrogen) atoms.